The van der Waals surface area contributed by atoms with Gasteiger partial charge in [-0.15, -0.1) is 0 Å². The summed E-state index contributed by atoms with van der Waals surface area (Å²) < 4.78 is 25.0. The number of halogens is 1. The predicted molar refractivity (Wildman–Crippen MR) is 88.7 cm³/mol. The van der Waals surface area contributed by atoms with Gasteiger partial charge < -0.3 is 4.90 Å². The van der Waals surface area contributed by atoms with Crippen molar-refractivity contribution in [1.82, 2.24) is 4.90 Å². The van der Waals surface area contributed by atoms with Crippen LogP contribution in [-0.2, 0) is 34.3 Å². The molecule has 0 fully saturated rings. The maximum Gasteiger partial charge on any atom is 0.235 e. The zero-order valence-corrected chi connectivity index (χ0v) is 13.5. The minimum Gasteiger partial charge on any atom is -0.337 e. The molecular formula is C18H18FNO2S. The molecule has 2 aromatic rings. The monoisotopic (exact) mass is 331 g/mol. The van der Waals surface area contributed by atoms with E-state index in [1.165, 1.54) is 17.7 Å². The summed E-state index contributed by atoms with van der Waals surface area (Å²) in [5, 5.41) is 0. The zero-order chi connectivity index (χ0) is 16.2. The van der Waals surface area contributed by atoms with E-state index in [4.69, 9.17) is 0 Å². The number of hydrogen-bond acceptors (Lipinski definition) is 2. The van der Waals surface area contributed by atoms with E-state index < -0.39 is 10.8 Å². The van der Waals surface area contributed by atoms with Crippen molar-refractivity contribution in [2.45, 2.75) is 18.7 Å². The van der Waals surface area contributed by atoms with E-state index in [1.807, 2.05) is 18.2 Å². The van der Waals surface area contributed by atoms with Crippen LogP contribution in [0.15, 0.2) is 48.5 Å². The summed E-state index contributed by atoms with van der Waals surface area (Å²) in [5.74, 6) is -0.113. The van der Waals surface area contributed by atoms with Crippen LogP contribution >= 0.6 is 0 Å². The molecule has 1 atom stereocenters. The van der Waals surface area contributed by atoms with Gasteiger partial charge in [0.1, 0.15) is 11.6 Å². The molecular weight excluding hydrogens is 313 g/mol. The van der Waals surface area contributed by atoms with Crippen molar-refractivity contribution in [3.63, 3.8) is 0 Å². The molecule has 0 saturated carbocycles. The Morgan fingerprint density at radius 1 is 1.09 bits per heavy atom. The molecule has 2 aromatic carbocycles. The Labute approximate surface area is 137 Å². The number of benzene rings is 2. The van der Waals surface area contributed by atoms with E-state index in [0.717, 1.165) is 17.5 Å². The predicted octanol–water partition coefficient (Wildman–Crippen LogP) is 2.66. The van der Waals surface area contributed by atoms with Crippen LogP contribution in [-0.4, -0.2) is 27.3 Å². The van der Waals surface area contributed by atoms with E-state index in [1.54, 1.807) is 17.0 Å². The van der Waals surface area contributed by atoms with Crippen LogP contribution in [0.4, 0.5) is 4.39 Å². The molecule has 0 bridgehead atoms. The number of rotatable bonds is 4. The molecule has 0 unspecified atom stereocenters. The third kappa shape index (κ3) is 4.05. The zero-order valence-electron chi connectivity index (χ0n) is 12.7. The SMILES string of the molecule is O=C(C[S@](=O)Cc1ccc(F)cc1)N1CCc2ccccc2C1. The second-order valence-corrected chi connectivity index (χ2v) is 7.15. The molecule has 0 saturated heterocycles. The Morgan fingerprint density at radius 2 is 1.78 bits per heavy atom. The maximum absolute atomic E-state index is 12.9. The summed E-state index contributed by atoms with van der Waals surface area (Å²) in [6, 6.07) is 14.0. The Kier molecular flexibility index (Phi) is 4.86. The lowest BCUT2D eigenvalue weighted by molar-refractivity contribution is -0.129. The highest BCUT2D eigenvalue weighted by atomic mass is 32.2. The van der Waals surface area contributed by atoms with Crippen molar-refractivity contribution in [1.29, 1.82) is 0 Å². The number of hydrogen-bond donors (Lipinski definition) is 0. The highest BCUT2D eigenvalue weighted by molar-refractivity contribution is 7.84. The van der Waals surface area contributed by atoms with Gasteiger partial charge in [-0.3, -0.25) is 9.00 Å². The lowest BCUT2D eigenvalue weighted by Crippen LogP contribution is -2.38. The number of carbonyl (C=O) groups excluding carboxylic acids is 1. The molecule has 3 rings (SSSR count). The summed E-state index contributed by atoms with van der Waals surface area (Å²) in [6.45, 7) is 1.26. The van der Waals surface area contributed by atoms with Crippen molar-refractivity contribution in [3.8, 4) is 0 Å². The Hall–Kier alpha value is -2.01. The fraction of sp³-hybridized carbons (Fsp3) is 0.278. The van der Waals surface area contributed by atoms with Crippen LogP contribution in [0.5, 0.6) is 0 Å². The Bertz CT molecular complexity index is 730. The maximum atomic E-state index is 12.9. The van der Waals surface area contributed by atoms with Crippen LogP contribution in [0.2, 0.25) is 0 Å². The first-order valence-electron chi connectivity index (χ1n) is 7.56. The number of amides is 1. The fourth-order valence-electron chi connectivity index (χ4n) is 2.76. The van der Waals surface area contributed by atoms with E-state index in [9.17, 15) is 13.4 Å². The van der Waals surface area contributed by atoms with Crippen molar-refractivity contribution in [2.24, 2.45) is 0 Å². The number of fused-ring (bicyclic) bond motifs is 1. The van der Waals surface area contributed by atoms with E-state index >= 15 is 0 Å². The van der Waals surface area contributed by atoms with Gasteiger partial charge in [-0.2, -0.15) is 0 Å². The topological polar surface area (TPSA) is 37.4 Å². The molecule has 0 N–H and O–H groups in total. The molecule has 0 aromatic heterocycles. The quantitative estimate of drug-likeness (QED) is 0.864. The van der Waals surface area contributed by atoms with Gasteiger partial charge in [-0.1, -0.05) is 36.4 Å². The molecule has 1 aliphatic rings. The highest BCUT2D eigenvalue weighted by Crippen LogP contribution is 2.18. The summed E-state index contributed by atoms with van der Waals surface area (Å²) >= 11 is 0. The Morgan fingerprint density at radius 3 is 2.52 bits per heavy atom. The average Bonchev–Trinajstić information content (AvgIpc) is 2.56. The molecule has 1 amide bonds. The molecule has 3 nitrogen and oxygen atoms in total. The molecule has 23 heavy (non-hydrogen) atoms. The molecule has 5 heteroatoms. The Balaban J connectivity index is 1.57. The fourth-order valence-corrected chi connectivity index (χ4v) is 3.88. The smallest absolute Gasteiger partial charge is 0.235 e. The van der Waals surface area contributed by atoms with Gasteiger partial charge in [0, 0.05) is 29.6 Å². The summed E-state index contributed by atoms with van der Waals surface area (Å²) in [7, 11) is -1.28. The van der Waals surface area contributed by atoms with Crippen LogP contribution in [0.25, 0.3) is 0 Å². The van der Waals surface area contributed by atoms with E-state index in [0.29, 0.717) is 13.1 Å². The second kappa shape index (κ2) is 7.04. The van der Waals surface area contributed by atoms with Gasteiger partial charge in [-0.05, 0) is 35.2 Å². The van der Waals surface area contributed by atoms with E-state index in [2.05, 4.69) is 6.07 Å². The van der Waals surface area contributed by atoms with Gasteiger partial charge in [-0.25, -0.2) is 4.39 Å². The highest BCUT2D eigenvalue weighted by Gasteiger charge is 2.21. The first-order valence-corrected chi connectivity index (χ1v) is 9.04. The first-order chi connectivity index (χ1) is 11.1. The van der Waals surface area contributed by atoms with Gasteiger partial charge in [0.15, 0.2) is 0 Å². The van der Waals surface area contributed by atoms with Crippen LogP contribution < -0.4 is 0 Å². The lowest BCUT2D eigenvalue weighted by Gasteiger charge is -2.28. The van der Waals surface area contributed by atoms with Crippen LogP contribution in [0.3, 0.4) is 0 Å². The minimum absolute atomic E-state index is 0.0134. The van der Waals surface area contributed by atoms with Crippen LogP contribution in [0, 0.1) is 5.82 Å². The van der Waals surface area contributed by atoms with Crippen molar-refractivity contribution in [3.05, 3.63) is 71.0 Å². The normalized spacial score (nSPS) is 15.1. The van der Waals surface area contributed by atoms with Crippen molar-refractivity contribution < 1.29 is 13.4 Å². The molecule has 0 aliphatic carbocycles. The molecule has 1 aliphatic heterocycles. The summed E-state index contributed by atoms with van der Waals surface area (Å²) in [5.41, 5.74) is 3.22. The molecule has 0 radical (unpaired) electrons. The third-order valence-corrected chi connectivity index (χ3v) is 5.23. The largest absolute Gasteiger partial charge is 0.337 e. The van der Waals surface area contributed by atoms with Crippen molar-refractivity contribution in [2.75, 3.05) is 12.3 Å². The molecule has 0 spiro atoms. The molecule has 1 heterocycles. The van der Waals surface area contributed by atoms with E-state index in [-0.39, 0.29) is 23.2 Å². The van der Waals surface area contributed by atoms with Gasteiger partial charge in [0.25, 0.3) is 0 Å². The van der Waals surface area contributed by atoms with Gasteiger partial charge in [0.2, 0.25) is 5.91 Å². The summed E-state index contributed by atoms with van der Waals surface area (Å²) in [6.07, 6.45) is 0.840. The first kappa shape index (κ1) is 15.9. The standard InChI is InChI=1S/C18H18FNO2S/c19-17-7-5-14(6-8-17)12-23(22)13-18(21)20-10-9-15-3-1-2-4-16(15)11-20/h1-8H,9-13H2/t23-/m1/s1. The van der Waals surface area contributed by atoms with Gasteiger partial charge in [0.05, 0.1) is 0 Å². The molecule has 120 valence electrons. The summed E-state index contributed by atoms with van der Waals surface area (Å²) in [4.78, 5) is 14.1. The minimum atomic E-state index is -1.28. The lowest BCUT2D eigenvalue weighted by atomic mass is 10.00. The third-order valence-electron chi connectivity index (χ3n) is 4.01. The second-order valence-electron chi connectivity index (χ2n) is 5.69. The van der Waals surface area contributed by atoms with Gasteiger partial charge >= 0.3 is 0 Å². The average molecular weight is 331 g/mol. The van der Waals surface area contributed by atoms with Crippen molar-refractivity contribution >= 4 is 16.7 Å². The number of carbonyl (C=O) groups is 1. The van der Waals surface area contributed by atoms with Crippen LogP contribution in [0.1, 0.15) is 16.7 Å². The number of nitrogens with zero attached hydrogens (tertiary/aromatic N) is 1.